The molecule has 8 heteroatoms. The quantitative estimate of drug-likeness (QED) is 0.867. The lowest BCUT2D eigenvalue weighted by atomic mass is 9.81. The van der Waals surface area contributed by atoms with Crippen molar-refractivity contribution in [1.29, 1.82) is 5.26 Å². The third-order valence-corrected chi connectivity index (χ3v) is 5.11. The van der Waals surface area contributed by atoms with E-state index in [0.717, 1.165) is 18.6 Å². The van der Waals surface area contributed by atoms with Crippen molar-refractivity contribution in [3.8, 4) is 6.07 Å². The van der Waals surface area contributed by atoms with Gasteiger partial charge in [0.25, 0.3) is 5.91 Å². The smallest absolute Gasteiger partial charge is 0.314 e. The third-order valence-electron chi connectivity index (χ3n) is 5.11. The van der Waals surface area contributed by atoms with E-state index in [-0.39, 0.29) is 36.7 Å². The first-order chi connectivity index (χ1) is 12.3. The maximum atomic E-state index is 13.6. The minimum absolute atomic E-state index is 0.00545. The van der Waals surface area contributed by atoms with E-state index in [1.54, 1.807) is 6.07 Å². The second-order valence-electron chi connectivity index (χ2n) is 6.80. The highest BCUT2D eigenvalue weighted by Crippen LogP contribution is 2.44. The van der Waals surface area contributed by atoms with E-state index in [1.165, 1.54) is 15.9 Å². The highest BCUT2D eigenvalue weighted by atomic mass is 19.1. The number of hydrogen-bond donors (Lipinski definition) is 1. The molecule has 7 nitrogen and oxygen atoms in total. The number of halogens is 1. The van der Waals surface area contributed by atoms with Crippen molar-refractivity contribution in [2.45, 2.75) is 13.3 Å². The number of likely N-dealkylation sites (tertiary alicyclic amines) is 2. The Labute approximate surface area is 149 Å². The van der Waals surface area contributed by atoms with Gasteiger partial charge in [-0.1, -0.05) is 6.92 Å². The van der Waals surface area contributed by atoms with Gasteiger partial charge >= 0.3 is 5.97 Å². The van der Waals surface area contributed by atoms with Crippen molar-refractivity contribution in [2.75, 3.05) is 26.2 Å². The van der Waals surface area contributed by atoms with Crippen LogP contribution in [0, 0.1) is 28.5 Å². The molecule has 1 aromatic rings. The zero-order valence-corrected chi connectivity index (χ0v) is 14.2. The van der Waals surface area contributed by atoms with Crippen LogP contribution in [0.3, 0.4) is 0 Å². The lowest BCUT2D eigenvalue weighted by Crippen LogP contribution is -2.42. The molecular formula is C18H18FN3O4. The number of carboxylic acids is 1. The minimum atomic E-state index is -1.34. The number of carbonyl (C=O) groups is 3. The molecule has 0 saturated carbocycles. The molecule has 0 unspecified atom stereocenters. The van der Waals surface area contributed by atoms with Crippen molar-refractivity contribution in [1.82, 2.24) is 9.80 Å². The first-order valence-corrected chi connectivity index (χ1v) is 8.34. The average molecular weight is 359 g/mol. The fraction of sp³-hybridized carbons (Fsp3) is 0.444. The number of benzene rings is 1. The number of aliphatic carboxylic acids is 1. The van der Waals surface area contributed by atoms with E-state index < -0.39 is 29.0 Å². The zero-order chi connectivity index (χ0) is 19.1. The first-order valence-electron chi connectivity index (χ1n) is 8.34. The van der Waals surface area contributed by atoms with E-state index in [1.807, 2.05) is 6.92 Å². The van der Waals surface area contributed by atoms with E-state index in [4.69, 9.17) is 5.26 Å². The Morgan fingerprint density at radius 1 is 1.38 bits per heavy atom. The monoisotopic (exact) mass is 359 g/mol. The van der Waals surface area contributed by atoms with Gasteiger partial charge in [0.2, 0.25) is 5.91 Å². The van der Waals surface area contributed by atoms with Crippen LogP contribution in [0.25, 0.3) is 0 Å². The molecule has 0 aliphatic carbocycles. The number of rotatable bonds is 4. The van der Waals surface area contributed by atoms with Crippen LogP contribution in [0.15, 0.2) is 18.2 Å². The van der Waals surface area contributed by atoms with Gasteiger partial charge in [-0.15, -0.1) is 0 Å². The van der Waals surface area contributed by atoms with Crippen LogP contribution in [0.2, 0.25) is 0 Å². The Balaban J connectivity index is 1.89. The predicted octanol–water partition coefficient (Wildman–Crippen LogP) is 1.09. The number of carboxylic acid groups (broad SMARTS) is 1. The van der Waals surface area contributed by atoms with Crippen molar-refractivity contribution >= 4 is 17.8 Å². The topological polar surface area (TPSA) is 102 Å². The summed E-state index contributed by atoms with van der Waals surface area (Å²) in [6, 6.07) is 5.07. The van der Waals surface area contributed by atoms with E-state index in [9.17, 15) is 23.9 Å². The molecule has 2 amide bonds. The summed E-state index contributed by atoms with van der Waals surface area (Å²) in [5.74, 6) is -3.47. The maximum absolute atomic E-state index is 13.6. The third kappa shape index (κ3) is 2.69. The van der Waals surface area contributed by atoms with Gasteiger partial charge in [0, 0.05) is 31.7 Å². The molecule has 26 heavy (non-hydrogen) atoms. The molecule has 2 heterocycles. The van der Waals surface area contributed by atoms with Crippen molar-refractivity contribution in [3.63, 3.8) is 0 Å². The molecule has 0 aromatic heterocycles. The number of nitrogens with zero attached hydrogens (tertiary/aromatic N) is 3. The molecule has 2 atom stereocenters. The van der Waals surface area contributed by atoms with Crippen LogP contribution < -0.4 is 0 Å². The van der Waals surface area contributed by atoms with Crippen LogP contribution in [0.5, 0.6) is 0 Å². The number of hydrogen-bond acceptors (Lipinski definition) is 4. The largest absolute Gasteiger partial charge is 0.481 e. The molecule has 3 rings (SSSR count). The van der Waals surface area contributed by atoms with Gasteiger partial charge < -0.3 is 14.9 Å². The summed E-state index contributed by atoms with van der Waals surface area (Å²) in [5, 5.41) is 18.7. The molecule has 0 radical (unpaired) electrons. The molecule has 0 spiro atoms. The molecule has 2 aliphatic rings. The van der Waals surface area contributed by atoms with Gasteiger partial charge in [-0.05, 0) is 24.6 Å². The molecule has 2 saturated heterocycles. The van der Waals surface area contributed by atoms with Gasteiger partial charge in [0.05, 0.1) is 17.6 Å². The van der Waals surface area contributed by atoms with E-state index >= 15 is 0 Å². The van der Waals surface area contributed by atoms with Gasteiger partial charge in [0.15, 0.2) is 0 Å². The van der Waals surface area contributed by atoms with Crippen LogP contribution in [0.1, 0.15) is 29.3 Å². The van der Waals surface area contributed by atoms with Gasteiger partial charge in [0.1, 0.15) is 11.2 Å². The van der Waals surface area contributed by atoms with Crippen LogP contribution in [-0.4, -0.2) is 58.9 Å². The first kappa shape index (κ1) is 17.9. The fourth-order valence-corrected chi connectivity index (χ4v) is 3.88. The molecule has 2 aliphatic heterocycles. The predicted molar refractivity (Wildman–Crippen MR) is 87.4 cm³/mol. The molecule has 136 valence electrons. The Morgan fingerprint density at radius 3 is 2.69 bits per heavy atom. The summed E-state index contributed by atoms with van der Waals surface area (Å²) in [7, 11) is 0. The highest BCUT2D eigenvalue weighted by molar-refractivity contribution is 5.98. The fourth-order valence-electron chi connectivity index (χ4n) is 3.88. The van der Waals surface area contributed by atoms with Crippen molar-refractivity contribution < 1.29 is 23.9 Å². The number of carbonyl (C=O) groups excluding carboxylic acids is 2. The maximum Gasteiger partial charge on any atom is 0.314 e. The normalized spacial score (nSPS) is 24.5. The molecule has 0 bridgehead atoms. The zero-order valence-electron chi connectivity index (χ0n) is 14.2. The van der Waals surface area contributed by atoms with E-state index in [2.05, 4.69) is 0 Å². The molecule has 1 aromatic carbocycles. The Morgan fingerprint density at radius 2 is 2.12 bits per heavy atom. The van der Waals surface area contributed by atoms with Gasteiger partial charge in [-0.25, -0.2) is 4.39 Å². The molecule has 2 fully saturated rings. The van der Waals surface area contributed by atoms with Crippen molar-refractivity contribution in [3.05, 3.63) is 35.1 Å². The lowest BCUT2D eigenvalue weighted by molar-refractivity contribution is -0.149. The summed E-state index contributed by atoms with van der Waals surface area (Å²) >= 11 is 0. The van der Waals surface area contributed by atoms with Crippen molar-refractivity contribution in [2.24, 2.45) is 11.3 Å². The van der Waals surface area contributed by atoms with Crippen LogP contribution >= 0.6 is 0 Å². The summed E-state index contributed by atoms with van der Waals surface area (Å²) in [5.41, 5.74) is -1.36. The average Bonchev–Trinajstić information content (AvgIpc) is 3.11. The van der Waals surface area contributed by atoms with Gasteiger partial charge in [-0.2, -0.15) is 5.26 Å². The minimum Gasteiger partial charge on any atom is -0.481 e. The Bertz CT molecular complexity index is 834. The summed E-state index contributed by atoms with van der Waals surface area (Å²) < 4.78 is 13.6. The summed E-state index contributed by atoms with van der Waals surface area (Å²) in [4.78, 5) is 40.0. The lowest BCUT2D eigenvalue weighted by Gasteiger charge is -2.25. The van der Waals surface area contributed by atoms with Crippen LogP contribution in [-0.2, 0) is 9.59 Å². The SMILES string of the molecule is CCCN1C[C@@]2(C(=O)O)CN(C(=O)c3cc(F)cc(C#N)c3)C[C@H]2C1=O. The molecule has 1 N–H and O–H groups in total. The number of fused-ring (bicyclic) bond motifs is 1. The number of amides is 2. The van der Waals surface area contributed by atoms with Crippen LogP contribution in [0.4, 0.5) is 4.39 Å². The Kier molecular flexibility index (Phi) is 4.40. The Hall–Kier alpha value is -2.95. The summed E-state index contributed by atoms with van der Waals surface area (Å²) in [6.45, 7) is 2.31. The second-order valence-corrected chi connectivity index (χ2v) is 6.80. The van der Waals surface area contributed by atoms with E-state index in [0.29, 0.717) is 6.54 Å². The number of nitriles is 1. The molecular weight excluding hydrogens is 341 g/mol. The second kappa shape index (κ2) is 6.41. The summed E-state index contributed by atoms with van der Waals surface area (Å²) in [6.07, 6.45) is 0.719. The highest BCUT2D eigenvalue weighted by Gasteiger charge is 2.62. The van der Waals surface area contributed by atoms with Gasteiger partial charge in [-0.3, -0.25) is 14.4 Å². The standard InChI is InChI=1S/C18H18FN3O4/c1-2-3-21-9-18(17(25)26)10-22(8-14(18)16(21)24)15(23)12-4-11(7-20)5-13(19)6-12/h4-6,14H,2-3,8-10H2,1H3,(H,25,26)/t14-,18+/m0/s1.